The zero-order valence-electron chi connectivity index (χ0n) is 11.4. The molecule has 1 aromatic rings. The minimum Gasteiger partial charge on any atom is -0.493 e. The second-order valence-electron chi connectivity index (χ2n) is 4.69. The quantitative estimate of drug-likeness (QED) is 0.812. The van der Waals surface area contributed by atoms with Crippen molar-refractivity contribution in [3.05, 3.63) is 23.8 Å². The van der Waals surface area contributed by atoms with Gasteiger partial charge in [0.15, 0.2) is 11.5 Å². The van der Waals surface area contributed by atoms with Gasteiger partial charge in [0.1, 0.15) is 0 Å². The van der Waals surface area contributed by atoms with E-state index in [1.165, 1.54) is 0 Å². The summed E-state index contributed by atoms with van der Waals surface area (Å²) in [7, 11) is 3.10. The Morgan fingerprint density at radius 1 is 1.25 bits per heavy atom. The number of carbonyl (C=O) groups is 2. The minimum absolute atomic E-state index is 0.216. The van der Waals surface area contributed by atoms with E-state index in [1.807, 2.05) is 6.07 Å². The van der Waals surface area contributed by atoms with Gasteiger partial charge < -0.3 is 19.9 Å². The second kappa shape index (κ2) is 5.81. The van der Waals surface area contributed by atoms with E-state index >= 15 is 0 Å². The molecule has 0 saturated heterocycles. The van der Waals surface area contributed by atoms with E-state index in [4.69, 9.17) is 14.6 Å². The molecule has 1 fully saturated rings. The average molecular weight is 279 g/mol. The fourth-order valence-corrected chi connectivity index (χ4v) is 2.07. The lowest BCUT2D eigenvalue weighted by atomic mass is 10.2. The third-order valence-electron chi connectivity index (χ3n) is 3.36. The molecular weight excluding hydrogens is 262 g/mol. The van der Waals surface area contributed by atoms with Crippen molar-refractivity contribution in [2.24, 2.45) is 11.8 Å². The number of carboxylic acid groups (broad SMARTS) is 1. The molecule has 1 aliphatic rings. The summed E-state index contributed by atoms with van der Waals surface area (Å²) in [5.41, 5.74) is 0.864. The van der Waals surface area contributed by atoms with Gasteiger partial charge in [-0.2, -0.15) is 0 Å². The Morgan fingerprint density at radius 2 is 1.95 bits per heavy atom. The maximum atomic E-state index is 11.7. The number of rotatable bonds is 6. The van der Waals surface area contributed by atoms with Gasteiger partial charge in [0, 0.05) is 6.54 Å². The number of hydrogen-bond donors (Lipinski definition) is 2. The highest BCUT2D eigenvalue weighted by Crippen LogP contribution is 2.38. The lowest BCUT2D eigenvalue weighted by molar-refractivity contribution is -0.140. The van der Waals surface area contributed by atoms with Gasteiger partial charge in [-0.25, -0.2) is 0 Å². The first kappa shape index (κ1) is 14.2. The molecule has 108 valence electrons. The number of nitrogens with one attached hydrogen (secondary N) is 1. The van der Waals surface area contributed by atoms with Crippen molar-refractivity contribution in [2.45, 2.75) is 13.0 Å². The van der Waals surface area contributed by atoms with Crippen molar-refractivity contribution in [1.82, 2.24) is 5.32 Å². The van der Waals surface area contributed by atoms with Crippen molar-refractivity contribution in [1.29, 1.82) is 0 Å². The summed E-state index contributed by atoms with van der Waals surface area (Å²) in [4.78, 5) is 22.4. The first-order valence-electron chi connectivity index (χ1n) is 6.28. The van der Waals surface area contributed by atoms with Gasteiger partial charge in [-0.15, -0.1) is 0 Å². The van der Waals surface area contributed by atoms with Crippen LogP contribution in [-0.2, 0) is 16.1 Å². The number of benzene rings is 1. The lowest BCUT2D eigenvalue weighted by Gasteiger charge is -2.10. The Labute approximate surface area is 116 Å². The number of carbonyl (C=O) groups excluding carboxylic acids is 1. The molecule has 6 nitrogen and oxygen atoms in total. The van der Waals surface area contributed by atoms with E-state index in [1.54, 1.807) is 26.4 Å². The third kappa shape index (κ3) is 3.01. The Morgan fingerprint density at radius 3 is 2.50 bits per heavy atom. The van der Waals surface area contributed by atoms with Crippen molar-refractivity contribution < 1.29 is 24.2 Å². The summed E-state index contributed by atoms with van der Waals surface area (Å²) < 4.78 is 10.3. The number of amides is 1. The summed E-state index contributed by atoms with van der Waals surface area (Å²) in [5.74, 6) is -0.832. The van der Waals surface area contributed by atoms with Crippen LogP contribution in [0.25, 0.3) is 0 Å². The van der Waals surface area contributed by atoms with Crippen LogP contribution in [0.4, 0.5) is 0 Å². The fraction of sp³-hybridized carbons (Fsp3) is 0.429. The molecule has 0 heterocycles. The summed E-state index contributed by atoms with van der Waals surface area (Å²) >= 11 is 0. The summed E-state index contributed by atoms with van der Waals surface area (Å²) in [6, 6.07) is 5.36. The molecule has 1 aliphatic carbocycles. The van der Waals surface area contributed by atoms with Gasteiger partial charge in [-0.05, 0) is 24.1 Å². The van der Waals surface area contributed by atoms with E-state index in [0.717, 1.165) is 5.56 Å². The summed E-state index contributed by atoms with van der Waals surface area (Å²) in [6.45, 7) is 0.335. The van der Waals surface area contributed by atoms with E-state index in [-0.39, 0.29) is 5.91 Å². The van der Waals surface area contributed by atoms with Crippen LogP contribution in [0.3, 0.4) is 0 Å². The smallest absolute Gasteiger partial charge is 0.307 e. The van der Waals surface area contributed by atoms with Crippen molar-refractivity contribution in [3.63, 3.8) is 0 Å². The molecule has 2 N–H and O–H groups in total. The highest BCUT2D eigenvalue weighted by atomic mass is 16.5. The van der Waals surface area contributed by atoms with Crippen LogP contribution < -0.4 is 14.8 Å². The van der Waals surface area contributed by atoms with Gasteiger partial charge in [0.05, 0.1) is 26.1 Å². The number of ether oxygens (including phenoxy) is 2. The van der Waals surface area contributed by atoms with Crippen molar-refractivity contribution in [2.75, 3.05) is 14.2 Å². The Kier molecular flexibility index (Phi) is 4.12. The highest BCUT2D eigenvalue weighted by Gasteiger charge is 2.48. The summed E-state index contributed by atoms with van der Waals surface area (Å²) in [6.07, 6.45) is 0.424. The van der Waals surface area contributed by atoms with Gasteiger partial charge in [-0.3, -0.25) is 9.59 Å². The zero-order valence-corrected chi connectivity index (χ0v) is 11.4. The van der Waals surface area contributed by atoms with E-state index in [2.05, 4.69) is 5.32 Å². The minimum atomic E-state index is -0.906. The highest BCUT2D eigenvalue weighted by molar-refractivity contribution is 5.89. The first-order chi connectivity index (χ1) is 9.56. The molecule has 1 amide bonds. The molecule has 0 aromatic heterocycles. The van der Waals surface area contributed by atoms with Crippen LogP contribution in [0.1, 0.15) is 12.0 Å². The predicted molar refractivity (Wildman–Crippen MR) is 70.6 cm³/mol. The number of carboxylic acids is 1. The van der Waals surface area contributed by atoms with Crippen LogP contribution in [-0.4, -0.2) is 31.2 Å². The average Bonchev–Trinajstić information content (AvgIpc) is 3.25. The Bertz CT molecular complexity index is 528. The SMILES string of the molecule is COc1ccc(CNC(=O)[C@@H]2C[C@@H]2C(=O)O)cc1OC. The second-order valence-corrected chi connectivity index (χ2v) is 4.69. The van der Waals surface area contributed by atoms with Gasteiger partial charge >= 0.3 is 5.97 Å². The molecule has 0 radical (unpaired) electrons. The maximum absolute atomic E-state index is 11.7. The molecular formula is C14H17NO5. The molecule has 1 aromatic carbocycles. The van der Waals surface area contributed by atoms with Crippen molar-refractivity contribution in [3.8, 4) is 11.5 Å². The molecule has 0 aliphatic heterocycles. The molecule has 2 rings (SSSR count). The Balaban J connectivity index is 1.91. The van der Waals surface area contributed by atoms with E-state index in [9.17, 15) is 9.59 Å². The largest absolute Gasteiger partial charge is 0.493 e. The van der Waals surface area contributed by atoms with Gasteiger partial charge in [-0.1, -0.05) is 6.07 Å². The molecule has 0 spiro atoms. The molecule has 6 heteroatoms. The molecule has 1 saturated carbocycles. The number of methoxy groups -OCH3 is 2. The fourth-order valence-electron chi connectivity index (χ4n) is 2.07. The number of hydrogen-bond acceptors (Lipinski definition) is 4. The number of aliphatic carboxylic acids is 1. The monoisotopic (exact) mass is 279 g/mol. The van der Waals surface area contributed by atoms with Crippen LogP contribution in [0, 0.1) is 11.8 Å². The van der Waals surface area contributed by atoms with Gasteiger partial charge in [0.2, 0.25) is 5.91 Å². The van der Waals surface area contributed by atoms with Crippen LogP contribution >= 0.6 is 0 Å². The van der Waals surface area contributed by atoms with Crippen LogP contribution in [0.15, 0.2) is 18.2 Å². The normalized spacial score (nSPS) is 20.1. The van der Waals surface area contributed by atoms with Crippen LogP contribution in [0.2, 0.25) is 0 Å². The zero-order chi connectivity index (χ0) is 14.7. The predicted octanol–water partition coefficient (Wildman–Crippen LogP) is 1.04. The first-order valence-corrected chi connectivity index (χ1v) is 6.28. The maximum Gasteiger partial charge on any atom is 0.307 e. The standard InChI is InChI=1S/C14H17NO5/c1-19-11-4-3-8(5-12(11)20-2)7-15-13(16)9-6-10(9)14(17)18/h3-5,9-10H,6-7H2,1-2H3,(H,15,16)(H,17,18)/t9-,10+/m1/s1. The molecule has 2 atom stereocenters. The van der Waals surface area contributed by atoms with E-state index in [0.29, 0.717) is 24.5 Å². The third-order valence-corrected chi connectivity index (χ3v) is 3.36. The van der Waals surface area contributed by atoms with E-state index < -0.39 is 17.8 Å². The molecule has 0 bridgehead atoms. The summed E-state index contributed by atoms with van der Waals surface area (Å²) in [5, 5.41) is 11.5. The lowest BCUT2D eigenvalue weighted by Crippen LogP contribution is -2.25. The molecule has 0 unspecified atom stereocenters. The van der Waals surface area contributed by atoms with Gasteiger partial charge in [0.25, 0.3) is 0 Å². The van der Waals surface area contributed by atoms with Crippen molar-refractivity contribution >= 4 is 11.9 Å². The molecule has 20 heavy (non-hydrogen) atoms. The van der Waals surface area contributed by atoms with Crippen LogP contribution in [0.5, 0.6) is 11.5 Å². The topological polar surface area (TPSA) is 84.9 Å². The Hall–Kier alpha value is -2.24.